The molecule has 0 fully saturated rings. The van der Waals surface area contributed by atoms with Crippen molar-refractivity contribution in [3.63, 3.8) is 0 Å². The van der Waals surface area contributed by atoms with E-state index >= 15 is 0 Å². The number of hydrogen-bond acceptors (Lipinski definition) is 4. The van der Waals surface area contributed by atoms with E-state index in [4.69, 9.17) is 13.8 Å². The molecule has 0 aliphatic carbocycles. The Morgan fingerprint density at radius 3 is 1.93 bits per heavy atom. The maximum Gasteiger partial charge on any atom is 0.227 e. The molecule has 0 radical (unpaired) electrons. The summed E-state index contributed by atoms with van der Waals surface area (Å²) in [5, 5.41) is 4.40. The lowest BCUT2D eigenvalue weighted by Crippen LogP contribution is -2.09. The molecular weight excluding hydrogens is 552 g/mol. The molecule has 45 heavy (non-hydrogen) atoms. The molecular formula is C41H26N2O2. The number of nitrogens with zero attached hydrogens (tertiary/aromatic N) is 2. The number of aromatic nitrogens is 1. The van der Waals surface area contributed by atoms with E-state index in [-0.39, 0.29) is 0 Å². The average Bonchev–Trinajstić information content (AvgIpc) is 3.71. The van der Waals surface area contributed by atoms with Crippen LogP contribution in [0.3, 0.4) is 0 Å². The second-order valence-corrected chi connectivity index (χ2v) is 11.2. The highest BCUT2D eigenvalue weighted by Crippen LogP contribution is 2.41. The lowest BCUT2D eigenvalue weighted by atomic mass is 10.0. The molecule has 2 heterocycles. The Balaban J connectivity index is 1.17. The van der Waals surface area contributed by atoms with Crippen LogP contribution in [0.1, 0.15) is 0 Å². The van der Waals surface area contributed by atoms with E-state index in [1.54, 1.807) is 0 Å². The molecule has 0 N–H and O–H groups in total. The quantitative estimate of drug-likeness (QED) is 0.204. The Labute approximate surface area is 259 Å². The van der Waals surface area contributed by atoms with Crippen LogP contribution >= 0.6 is 0 Å². The number of para-hydroxylation sites is 1. The Bertz CT molecular complexity index is 2480. The number of benzene rings is 7. The summed E-state index contributed by atoms with van der Waals surface area (Å²) in [7, 11) is 0. The van der Waals surface area contributed by atoms with Crippen molar-refractivity contribution in [2.24, 2.45) is 0 Å². The van der Waals surface area contributed by atoms with E-state index in [2.05, 4.69) is 108 Å². The molecule has 0 unspecified atom stereocenters. The normalized spacial score (nSPS) is 11.6. The SMILES string of the molecule is c1ccc(-c2nc3ccc4oc5ccc(N(c6ccccc6)c6ccc(-c7ccc8ccccc8c7)cc6)cc5c4c3o2)cc1. The molecule has 0 aliphatic rings. The first-order valence-electron chi connectivity index (χ1n) is 15.0. The molecule has 0 atom stereocenters. The van der Waals surface area contributed by atoms with Gasteiger partial charge in [-0.25, -0.2) is 4.98 Å². The maximum absolute atomic E-state index is 6.40. The van der Waals surface area contributed by atoms with Gasteiger partial charge >= 0.3 is 0 Å². The Morgan fingerprint density at radius 2 is 1.11 bits per heavy atom. The van der Waals surface area contributed by atoms with Gasteiger partial charge in [0.05, 0.1) is 5.39 Å². The molecule has 2 aromatic heterocycles. The average molecular weight is 579 g/mol. The van der Waals surface area contributed by atoms with E-state index in [9.17, 15) is 0 Å². The molecule has 0 bridgehead atoms. The highest BCUT2D eigenvalue weighted by Gasteiger charge is 2.19. The van der Waals surface area contributed by atoms with Crippen LogP contribution in [0.2, 0.25) is 0 Å². The summed E-state index contributed by atoms with van der Waals surface area (Å²) in [5.41, 5.74) is 9.59. The molecule has 4 heteroatoms. The zero-order valence-electron chi connectivity index (χ0n) is 24.2. The summed E-state index contributed by atoms with van der Waals surface area (Å²) in [4.78, 5) is 7.08. The zero-order valence-corrected chi connectivity index (χ0v) is 24.2. The summed E-state index contributed by atoms with van der Waals surface area (Å²) < 4.78 is 12.7. The topological polar surface area (TPSA) is 42.4 Å². The first kappa shape index (κ1) is 25.4. The molecule has 0 spiro atoms. The molecule has 212 valence electrons. The number of furan rings is 1. The van der Waals surface area contributed by atoms with E-state index in [0.29, 0.717) is 5.89 Å². The number of anilines is 3. The first-order valence-corrected chi connectivity index (χ1v) is 15.0. The van der Waals surface area contributed by atoms with E-state index in [1.807, 2.05) is 54.6 Å². The molecule has 0 amide bonds. The minimum atomic E-state index is 0.598. The molecule has 7 aromatic carbocycles. The van der Waals surface area contributed by atoms with Gasteiger partial charge in [-0.15, -0.1) is 0 Å². The van der Waals surface area contributed by atoms with Crippen molar-refractivity contribution in [2.45, 2.75) is 0 Å². The van der Waals surface area contributed by atoms with Crippen molar-refractivity contribution in [3.05, 3.63) is 158 Å². The summed E-state index contributed by atoms with van der Waals surface area (Å²) in [6, 6.07) is 54.6. The highest BCUT2D eigenvalue weighted by molar-refractivity contribution is 6.17. The molecule has 4 nitrogen and oxygen atoms in total. The van der Waals surface area contributed by atoms with Gasteiger partial charge in [0.2, 0.25) is 5.89 Å². The van der Waals surface area contributed by atoms with Crippen molar-refractivity contribution >= 4 is 60.9 Å². The van der Waals surface area contributed by atoms with Gasteiger partial charge in [-0.2, -0.15) is 0 Å². The fraction of sp³-hybridized carbons (Fsp3) is 0. The van der Waals surface area contributed by atoms with Crippen molar-refractivity contribution < 1.29 is 8.83 Å². The summed E-state index contributed by atoms with van der Waals surface area (Å²) in [6.07, 6.45) is 0. The zero-order chi connectivity index (χ0) is 29.7. The van der Waals surface area contributed by atoms with Crippen LogP contribution in [-0.2, 0) is 0 Å². The van der Waals surface area contributed by atoms with Crippen molar-refractivity contribution in [3.8, 4) is 22.6 Å². The fourth-order valence-corrected chi connectivity index (χ4v) is 6.27. The van der Waals surface area contributed by atoms with E-state index in [1.165, 1.54) is 21.9 Å². The second kappa shape index (κ2) is 10.2. The molecule has 9 rings (SSSR count). The van der Waals surface area contributed by atoms with Crippen LogP contribution in [-0.4, -0.2) is 4.98 Å². The minimum Gasteiger partial charge on any atom is -0.456 e. The number of oxazole rings is 1. The van der Waals surface area contributed by atoms with Gasteiger partial charge in [0.25, 0.3) is 0 Å². The van der Waals surface area contributed by atoms with E-state index in [0.717, 1.165) is 55.7 Å². The van der Waals surface area contributed by atoms with Crippen LogP contribution < -0.4 is 4.90 Å². The summed E-state index contributed by atoms with van der Waals surface area (Å²) in [6.45, 7) is 0. The Hall–Kier alpha value is -6.13. The summed E-state index contributed by atoms with van der Waals surface area (Å²) in [5.74, 6) is 0.598. The lowest BCUT2D eigenvalue weighted by molar-refractivity contribution is 0.622. The lowest BCUT2D eigenvalue weighted by Gasteiger charge is -2.25. The predicted molar refractivity (Wildman–Crippen MR) is 184 cm³/mol. The van der Waals surface area contributed by atoms with Gasteiger partial charge in [0, 0.05) is 28.0 Å². The van der Waals surface area contributed by atoms with Gasteiger partial charge in [-0.05, 0) is 94.7 Å². The van der Waals surface area contributed by atoms with Gasteiger partial charge in [0.1, 0.15) is 16.7 Å². The largest absolute Gasteiger partial charge is 0.456 e. The van der Waals surface area contributed by atoms with Gasteiger partial charge < -0.3 is 13.7 Å². The number of rotatable bonds is 5. The third-order valence-corrected chi connectivity index (χ3v) is 8.47. The smallest absolute Gasteiger partial charge is 0.227 e. The third-order valence-electron chi connectivity index (χ3n) is 8.47. The van der Waals surface area contributed by atoms with Crippen LogP contribution in [0.25, 0.3) is 66.4 Å². The van der Waals surface area contributed by atoms with Crippen LogP contribution in [0.4, 0.5) is 17.1 Å². The van der Waals surface area contributed by atoms with E-state index < -0.39 is 0 Å². The van der Waals surface area contributed by atoms with Crippen LogP contribution in [0.15, 0.2) is 167 Å². The second-order valence-electron chi connectivity index (χ2n) is 11.2. The Morgan fingerprint density at radius 1 is 0.444 bits per heavy atom. The highest BCUT2D eigenvalue weighted by atomic mass is 16.4. The van der Waals surface area contributed by atoms with Gasteiger partial charge in [-0.3, -0.25) is 0 Å². The predicted octanol–water partition coefficient (Wildman–Crippen LogP) is 11.7. The number of hydrogen-bond donors (Lipinski definition) is 0. The van der Waals surface area contributed by atoms with Crippen LogP contribution in [0, 0.1) is 0 Å². The maximum atomic E-state index is 6.40. The van der Waals surface area contributed by atoms with Gasteiger partial charge in [-0.1, -0.05) is 84.9 Å². The Kier molecular flexibility index (Phi) is 5.78. The van der Waals surface area contributed by atoms with Crippen LogP contribution in [0.5, 0.6) is 0 Å². The fourth-order valence-electron chi connectivity index (χ4n) is 6.27. The summed E-state index contributed by atoms with van der Waals surface area (Å²) >= 11 is 0. The molecule has 0 saturated heterocycles. The molecule has 0 saturated carbocycles. The number of fused-ring (bicyclic) bond motifs is 6. The standard InChI is InChI=1S/C41H26N2O2/c1-3-10-29(11-4-1)41-42-36-22-24-38-39(40(36)45-41)35-26-34(21-23-37(35)44-38)43(32-13-5-2-6-14-32)33-19-17-28(18-20-33)31-16-15-27-9-7-8-12-30(27)25-31/h1-26H. The molecule has 0 aliphatic heterocycles. The minimum absolute atomic E-state index is 0.598. The monoisotopic (exact) mass is 578 g/mol. The van der Waals surface area contributed by atoms with Gasteiger partial charge in [0.15, 0.2) is 5.58 Å². The third kappa shape index (κ3) is 4.35. The molecule has 9 aromatic rings. The van der Waals surface area contributed by atoms with Crippen molar-refractivity contribution in [2.75, 3.05) is 4.90 Å². The van der Waals surface area contributed by atoms with Crippen molar-refractivity contribution in [1.82, 2.24) is 4.98 Å². The van der Waals surface area contributed by atoms with Crippen molar-refractivity contribution in [1.29, 1.82) is 0 Å². The first-order chi connectivity index (χ1) is 22.3.